The van der Waals surface area contributed by atoms with Gasteiger partial charge >= 0.3 is 5.97 Å². The van der Waals surface area contributed by atoms with Crippen LogP contribution in [-0.2, 0) is 9.59 Å². The molecule has 0 heterocycles. The molecule has 108 valence electrons. The van der Waals surface area contributed by atoms with Gasteiger partial charge in [0.05, 0.1) is 0 Å². The van der Waals surface area contributed by atoms with E-state index in [0.717, 1.165) is 25.7 Å². The van der Waals surface area contributed by atoms with E-state index in [1.165, 1.54) is 4.90 Å². The number of alkyl halides is 2. The average Bonchev–Trinajstić information content (AvgIpc) is 2.94. The third kappa shape index (κ3) is 3.42. The van der Waals surface area contributed by atoms with Crippen molar-refractivity contribution in [2.75, 3.05) is 6.54 Å². The van der Waals surface area contributed by atoms with Crippen LogP contribution in [0.2, 0.25) is 0 Å². The van der Waals surface area contributed by atoms with Crippen LogP contribution in [0.5, 0.6) is 0 Å². The number of carboxylic acid groups (broad SMARTS) is 1. The van der Waals surface area contributed by atoms with Gasteiger partial charge in [0.15, 0.2) is 0 Å². The Balaban J connectivity index is 2.05. The summed E-state index contributed by atoms with van der Waals surface area (Å²) in [4.78, 5) is 24.5. The molecule has 0 saturated heterocycles. The van der Waals surface area contributed by atoms with Crippen LogP contribution >= 0.6 is 0 Å². The molecule has 0 aromatic heterocycles. The number of halogens is 2. The van der Waals surface area contributed by atoms with Gasteiger partial charge < -0.3 is 10.0 Å². The number of carbonyl (C=O) groups is 2. The fraction of sp³-hybridized carbons (Fsp3) is 0.846. The molecule has 0 aliphatic heterocycles. The van der Waals surface area contributed by atoms with E-state index < -0.39 is 30.1 Å². The van der Waals surface area contributed by atoms with Crippen LogP contribution in [0.15, 0.2) is 0 Å². The smallest absolute Gasteiger partial charge is 0.323 e. The number of hydrogen-bond acceptors (Lipinski definition) is 2. The Hall–Kier alpha value is -1.20. The number of carboxylic acids is 1. The van der Waals surface area contributed by atoms with E-state index >= 15 is 0 Å². The lowest BCUT2D eigenvalue weighted by atomic mass is 10.0. The minimum Gasteiger partial charge on any atom is -0.480 e. The summed E-state index contributed by atoms with van der Waals surface area (Å²) in [5, 5.41) is 8.90. The minimum atomic E-state index is -2.77. The summed E-state index contributed by atoms with van der Waals surface area (Å²) < 4.78 is 26.3. The van der Waals surface area contributed by atoms with Gasteiger partial charge in [-0.05, 0) is 19.3 Å². The molecule has 1 N–H and O–H groups in total. The predicted molar refractivity (Wildman–Crippen MR) is 63.9 cm³/mol. The molecule has 2 saturated carbocycles. The molecule has 1 amide bonds. The molecule has 0 aromatic carbocycles. The first-order valence-corrected chi connectivity index (χ1v) is 6.79. The molecule has 1 unspecified atom stereocenters. The van der Waals surface area contributed by atoms with Gasteiger partial charge in [-0.25, -0.2) is 8.78 Å². The zero-order valence-corrected chi connectivity index (χ0v) is 10.8. The highest BCUT2D eigenvalue weighted by Gasteiger charge is 2.45. The van der Waals surface area contributed by atoms with Crippen LogP contribution in [0.4, 0.5) is 8.78 Å². The zero-order chi connectivity index (χ0) is 14.0. The summed E-state index contributed by atoms with van der Waals surface area (Å²) in [5.41, 5.74) is 0. The number of nitrogens with zero attached hydrogens (tertiary/aromatic N) is 1. The largest absolute Gasteiger partial charge is 0.480 e. The SMILES string of the molecule is O=C(O)CN(C(=O)C1CCC(F)(F)C1)C1CCCC1. The molecule has 2 fully saturated rings. The van der Waals surface area contributed by atoms with Gasteiger partial charge in [-0.1, -0.05) is 12.8 Å². The van der Waals surface area contributed by atoms with E-state index in [9.17, 15) is 18.4 Å². The van der Waals surface area contributed by atoms with Crippen molar-refractivity contribution in [1.29, 1.82) is 0 Å². The van der Waals surface area contributed by atoms with Crippen LogP contribution in [0, 0.1) is 5.92 Å². The van der Waals surface area contributed by atoms with Gasteiger partial charge in [0, 0.05) is 24.8 Å². The number of aliphatic carboxylic acids is 1. The lowest BCUT2D eigenvalue weighted by molar-refractivity contribution is -0.148. The number of rotatable bonds is 4. The topological polar surface area (TPSA) is 57.6 Å². The summed E-state index contributed by atoms with van der Waals surface area (Å²) >= 11 is 0. The molecule has 6 heteroatoms. The Labute approximate surface area is 110 Å². The van der Waals surface area contributed by atoms with E-state index in [2.05, 4.69) is 0 Å². The van der Waals surface area contributed by atoms with Crippen LogP contribution in [0.25, 0.3) is 0 Å². The van der Waals surface area contributed by atoms with Gasteiger partial charge in [0.2, 0.25) is 11.8 Å². The van der Waals surface area contributed by atoms with Crippen LogP contribution in [0.3, 0.4) is 0 Å². The monoisotopic (exact) mass is 275 g/mol. The first-order valence-electron chi connectivity index (χ1n) is 6.79. The summed E-state index contributed by atoms with van der Waals surface area (Å²) in [6.07, 6.45) is 2.95. The lowest BCUT2D eigenvalue weighted by Crippen LogP contribution is -2.45. The first kappa shape index (κ1) is 14.2. The highest BCUT2D eigenvalue weighted by Crippen LogP contribution is 2.40. The second kappa shape index (κ2) is 5.43. The van der Waals surface area contributed by atoms with Crippen molar-refractivity contribution in [3.63, 3.8) is 0 Å². The molecule has 0 bridgehead atoms. The van der Waals surface area contributed by atoms with E-state index in [4.69, 9.17) is 5.11 Å². The Morgan fingerprint density at radius 2 is 1.84 bits per heavy atom. The van der Waals surface area contributed by atoms with Gasteiger partial charge in [0.1, 0.15) is 6.54 Å². The fourth-order valence-electron chi connectivity index (χ4n) is 3.14. The Kier molecular flexibility index (Phi) is 4.06. The highest BCUT2D eigenvalue weighted by molar-refractivity contribution is 5.83. The summed E-state index contributed by atoms with van der Waals surface area (Å²) in [5.74, 6) is -4.96. The normalized spacial score (nSPS) is 26.5. The molecular formula is C13H19F2NO3. The maximum Gasteiger partial charge on any atom is 0.323 e. The second-order valence-corrected chi connectivity index (χ2v) is 5.59. The molecule has 1 atom stereocenters. The van der Waals surface area contributed by atoms with Crippen molar-refractivity contribution in [2.45, 2.75) is 56.9 Å². The van der Waals surface area contributed by atoms with Crippen molar-refractivity contribution in [2.24, 2.45) is 5.92 Å². The predicted octanol–water partition coefficient (Wildman–Crippen LogP) is 2.28. The van der Waals surface area contributed by atoms with Crippen LogP contribution in [0.1, 0.15) is 44.9 Å². The van der Waals surface area contributed by atoms with Crippen molar-refractivity contribution in [1.82, 2.24) is 4.90 Å². The molecule has 2 rings (SSSR count). The van der Waals surface area contributed by atoms with E-state index in [1.54, 1.807) is 0 Å². The summed E-state index contributed by atoms with van der Waals surface area (Å²) in [6.45, 7) is -0.369. The van der Waals surface area contributed by atoms with Gasteiger partial charge in [-0.15, -0.1) is 0 Å². The van der Waals surface area contributed by atoms with Crippen molar-refractivity contribution >= 4 is 11.9 Å². The number of carbonyl (C=O) groups excluding carboxylic acids is 1. The molecule has 0 aromatic rings. The summed E-state index contributed by atoms with van der Waals surface area (Å²) in [6, 6.07) is -0.0853. The first-order chi connectivity index (χ1) is 8.89. The molecule has 0 radical (unpaired) electrons. The maximum absolute atomic E-state index is 13.2. The lowest BCUT2D eigenvalue weighted by Gasteiger charge is -2.29. The van der Waals surface area contributed by atoms with Crippen LogP contribution < -0.4 is 0 Å². The molecular weight excluding hydrogens is 256 g/mol. The third-order valence-electron chi connectivity index (χ3n) is 4.11. The van der Waals surface area contributed by atoms with Gasteiger partial charge in [-0.3, -0.25) is 9.59 Å². The molecule has 0 spiro atoms. The fourth-order valence-corrected chi connectivity index (χ4v) is 3.14. The Morgan fingerprint density at radius 1 is 1.21 bits per heavy atom. The Bertz CT molecular complexity index is 367. The zero-order valence-electron chi connectivity index (χ0n) is 10.8. The molecule has 4 nitrogen and oxygen atoms in total. The molecule has 2 aliphatic carbocycles. The van der Waals surface area contributed by atoms with Crippen LogP contribution in [-0.4, -0.2) is 40.4 Å². The van der Waals surface area contributed by atoms with Crippen molar-refractivity contribution in [3.05, 3.63) is 0 Å². The minimum absolute atomic E-state index is 0.0853. The summed E-state index contributed by atoms with van der Waals surface area (Å²) in [7, 11) is 0. The van der Waals surface area contributed by atoms with Crippen molar-refractivity contribution in [3.8, 4) is 0 Å². The highest BCUT2D eigenvalue weighted by atomic mass is 19.3. The quantitative estimate of drug-likeness (QED) is 0.856. The third-order valence-corrected chi connectivity index (χ3v) is 4.11. The van der Waals surface area contributed by atoms with E-state index in [1.807, 2.05) is 0 Å². The molecule has 2 aliphatic rings. The van der Waals surface area contributed by atoms with Gasteiger partial charge in [-0.2, -0.15) is 0 Å². The Morgan fingerprint density at radius 3 is 2.32 bits per heavy atom. The van der Waals surface area contributed by atoms with E-state index in [-0.39, 0.29) is 25.4 Å². The second-order valence-electron chi connectivity index (χ2n) is 5.59. The van der Waals surface area contributed by atoms with Gasteiger partial charge in [0.25, 0.3) is 0 Å². The standard InChI is InChI=1S/C13H19F2NO3/c14-13(15)6-5-9(7-13)12(19)16(8-11(17)18)10-3-1-2-4-10/h9-10H,1-8H2,(H,17,18). The van der Waals surface area contributed by atoms with E-state index in [0.29, 0.717) is 0 Å². The average molecular weight is 275 g/mol. The maximum atomic E-state index is 13.2. The molecule has 19 heavy (non-hydrogen) atoms. The number of amides is 1. The number of hydrogen-bond donors (Lipinski definition) is 1. The van der Waals surface area contributed by atoms with Crippen molar-refractivity contribution < 1.29 is 23.5 Å².